The van der Waals surface area contributed by atoms with Gasteiger partial charge in [-0.2, -0.15) is 0 Å². The summed E-state index contributed by atoms with van der Waals surface area (Å²) in [6.07, 6.45) is 0. The number of amides is 3. The van der Waals surface area contributed by atoms with Gasteiger partial charge < -0.3 is 25.8 Å². The fourth-order valence-corrected chi connectivity index (χ4v) is 5.22. The van der Waals surface area contributed by atoms with Gasteiger partial charge >= 0.3 is 0 Å². The Morgan fingerprint density at radius 3 is 2.33 bits per heavy atom. The Kier molecular flexibility index (Phi) is 8.91. The van der Waals surface area contributed by atoms with E-state index in [2.05, 4.69) is 32.8 Å². The molecule has 2 aliphatic rings. The number of hydrogen-bond acceptors (Lipinski definition) is 6. The van der Waals surface area contributed by atoms with Crippen molar-refractivity contribution in [2.75, 3.05) is 62.4 Å². The number of benzene rings is 3. The average Bonchev–Trinajstić information content (AvgIpc) is 3.30. The average molecular weight is 587 g/mol. The maximum atomic E-state index is 13.2. The first-order valence-electron chi connectivity index (χ1n) is 13.9. The van der Waals surface area contributed by atoms with Crippen LogP contribution in [0.1, 0.15) is 23.6 Å². The van der Waals surface area contributed by atoms with Gasteiger partial charge in [-0.15, -0.1) is 0 Å². The molecule has 10 heteroatoms. The van der Waals surface area contributed by atoms with Gasteiger partial charge in [0.1, 0.15) is 0 Å². The van der Waals surface area contributed by atoms with Crippen molar-refractivity contribution >= 4 is 57.7 Å². The summed E-state index contributed by atoms with van der Waals surface area (Å²) in [7, 11) is 3.89. The van der Waals surface area contributed by atoms with Crippen molar-refractivity contribution in [1.82, 2.24) is 15.1 Å². The lowest BCUT2D eigenvalue weighted by atomic mass is 9.99. The predicted octanol–water partition coefficient (Wildman–Crippen LogP) is 4.12. The lowest BCUT2D eigenvalue weighted by Crippen LogP contribution is -2.48. The molecule has 0 aliphatic carbocycles. The van der Waals surface area contributed by atoms with E-state index in [1.807, 2.05) is 54.6 Å². The van der Waals surface area contributed by atoms with Crippen molar-refractivity contribution < 1.29 is 14.4 Å². The highest BCUT2D eigenvalue weighted by Gasteiger charge is 2.29. The summed E-state index contributed by atoms with van der Waals surface area (Å²) in [5.41, 5.74) is 5.83. The predicted molar refractivity (Wildman–Crippen MR) is 168 cm³/mol. The molecule has 3 aromatic rings. The Morgan fingerprint density at radius 1 is 0.976 bits per heavy atom. The smallest absolute Gasteiger partial charge is 0.258 e. The van der Waals surface area contributed by atoms with Gasteiger partial charge in [-0.05, 0) is 54.6 Å². The molecule has 2 heterocycles. The Hall–Kier alpha value is -4.18. The molecule has 0 radical (unpaired) electrons. The molecule has 0 saturated carbocycles. The summed E-state index contributed by atoms with van der Waals surface area (Å²) in [6, 6.07) is 20.6. The summed E-state index contributed by atoms with van der Waals surface area (Å²) in [5, 5.41) is 9.72. The Bertz CT molecular complexity index is 1510. The van der Waals surface area contributed by atoms with E-state index in [0.717, 1.165) is 54.2 Å². The van der Waals surface area contributed by atoms with Crippen molar-refractivity contribution in [1.29, 1.82) is 0 Å². The number of fused-ring (bicyclic) bond motifs is 1. The Morgan fingerprint density at radius 2 is 1.67 bits per heavy atom. The molecule has 3 aromatic carbocycles. The number of piperazine rings is 1. The van der Waals surface area contributed by atoms with Crippen molar-refractivity contribution in [3.8, 4) is 0 Å². The van der Waals surface area contributed by atoms with Crippen LogP contribution in [0.3, 0.4) is 0 Å². The Labute approximate surface area is 251 Å². The van der Waals surface area contributed by atoms with Gasteiger partial charge in [0.2, 0.25) is 11.8 Å². The number of nitrogens with one attached hydrogen (secondary N) is 3. The third-order valence-electron chi connectivity index (χ3n) is 7.61. The molecular weight excluding hydrogens is 552 g/mol. The third-order valence-corrected chi connectivity index (χ3v) is 7.85. The highest BCUT2D eigenvalue weighted by atomic mass is 35.5. The van der Waals surface area contributed by atoms with Crippen LogP contribution in [0.5, 0.6) is 0 Å². The van der Waals surface area contributed by atoms with Gasteiger partial charge in [0.15, 0.2) is 0 Å². The summed E-state index contributed by atoms with van der Waals surface area (Å²) in [4.78, 5) is 43.7. The molecule has 9 nitrogen and oxygen atoms in total. The van der Waals surface area contributed by atoms with Gasteiger partial charge in [0.05, 0.1) is 23.5 Å². The van der Waals surface area contributed by atoms with Crippen LogP contribution < -0.4 is 20.9 Å². The van der Waals surface area contributed by atoms with E-state index >= 15 is 0 Å². The van der Waals surface area contributed by atoms with Gasteiger partial charge in [-0.3, -0.25) is 19.3 Å². The van der Waals surface area contributed by atoms with Crippen LogP contribution >= 0.6 is 11.6 Å². The molecule has 1 fully saturated rings. The minimum Gasteiger partial charge on any atom is -0.354 e. The highest BCUT2D eigenvalue weighted by Crippen LogP contribution is 2.39. The standard InChI is InChI=1S/C32H35ClN6O3/c1-21(40)34-19-22-4-6-23(7-5-22)31(30-27-13-8-24(33)18-28(27)36-32(30)42)35-25-9-11-26(12-10-25)38(3)29(41)20-39-16-14-37(2)15-17-39/h4-13,18,35H,14-17,19-20H2,1-3H3,(H,34,40)(H,36,42)/b31-30-. The van der Waals surface area contributed by atoms with Crippen molar-refractivity contribution in [3.05, 3.63) is 88.4 Å². The van der Waals surface area contributed by atoms with E-state index in [9.17, 15) is 14.4 Å². The monoisotopic (exact) mass is 586 g/mol. The molecule has 0 spiro atoms. The van der Waals surface area contributed by atoms with E-state index < -0.39 is 0 Å². The van der Waals surface area contributed by atoms with Crippen LogP contribution in [-0.2, 0) is 20.9 Å². The van der Waals surface area contributed by atoms with Crippen LogP contribution in [-0.4, -0.2) is 74.3 Å². The molecule has 0 unspecified atom stereocenters. The second kappa shape index (κ2) is 12.8. The van der Waals surface area contributed by atoms with Crippen molar-refractivity contribution in [2.24, 2.45) is 0 Å². The molecule has 0 aromatic heterocycles. The van der Waals surface area contributed by atoms with Crippen LogP contribution in [0.4, 0.5) is 17.1 Å². The molecule has 2 aliphatic heterocycles. The zero-order chi connectivity index (χ0) is 29.8. The first kappa shape index (κ1) is 29.3. The number of halogens is 1. The highest BCUT2D eigenvalue weighted by molar-refractivity contribution is 6.38. The van der Waals surface area contributed by atoms with Gasteiger partial charge in [-0.1, -0.05) is 41.9 Å². The summed E-state index contributed by atoms with van der Waals surface area (Å²) < 4.78 is 0. The topological polar surface area (TPSA) is 97.0 Å². The van der Waals surface area contributed by atoms with E-state index in [1.54, 1.807) is 24.1 Å². The van der Waals surface area contributed by atoms with Gasteiger partial charge in [0.25, 0.3) is 5.91 Å². The lowest BCUT2D eigenvalue weighted by Gasteiger charge is -2.32. The zero-order valence-corrected chi connectivity index (χ0v) is 24.8. The molecule has 0 bridgehead atoms. The fraction of sp³-hybridized carbons (Fsp3) is 0.281. The maximum absolute atomic E-state index is 13.2. The quantitative estimate of drug-likeness (QED) is 0.344. The molecule has 0 atom stereocenters. The summed E-state index contributed by atoms with van der Waals surface area (Å²) in [6.45, 7) is 5.97. The molecule has 42 heavy (non-hydrogen) atoms. The summed E-state index contributed by atoms with van der Waals surface area (Å²) in [5.74, 6) is -0.292. The number of nitrogens with zero attached hydrogens (tertiary/aromatic N) is 3. The zero-order valence-electron chi connectivity index (χ0n) is 24.0. The van der Waals surface area contributed by atoms with Crippen molar-refractivity contribution in [3.63, 3.8) is 0 Å². The fourth-order valence-electron chi connectivity index (χ4n) is 5.05. The van der Waals surface area contributed by atoms with E-state index in [4.69, 9.17) is 11.6 Å². The van der Waals surface area contributed by atoms with E-state index in [0.29, 0.717) is 35.1 Å². The van der Waals surface area contributed by atoms with Gasteiger partial charge in [0, 0.05) is 68.7 Å². The molecule has 3 amide bonds. The number of hydrogen-bond donors (Lipinski definition) is 3. The SMILES string of the molecule is CC(=O)NCc1ccc(/C(Nc2ccc(N(C)C(=O)CN3CCN(C)CC3)cc2)=C2/C(=O)Nc3cc(Cl)ccc32)cc1. The second-order valence-corrected chi connectivity index (χ2v) is 11.1. The third kappa shape index (κ3) is 6.82. The minimum atomic E-state index is -0.233. The van der Waals surface area contributed by atoms with Crippen LogP contribution in [0.2, 0.25) is 5.02 Å². The molecule has 218 valence electrons. The lowest BCUT2D eigenvalue weighted by molar-refractivity contribution is -0.120. The van der Waals surface area contributed by atoms with Gasteiger partial charge in [-0.25, -0.2) is 0 Å². The van der Waals surface area contributed by atoms with Crippen LogP contribution in [0.15, 0.2) is 66.7 Å². The molecule has 1 saturated heterocycles. The number of rotatable bonds is 8. The molecule has 3 N–H and O–H groups in total. The van der Waals surface area contributed by atoms with Crippen LogP contribution in [0, 0.1) is 0 Å². The first-order valence-corrected chi connectivity index (χ1v) is 14.3. The maximum Gasteiger partial charge on any atom is 0.258 e. The number of carbonyl (C=O) groups excluding carboxylic acids is 3. The van der Waals surface area contributed by atoms with Crippen molar-refractivity contribution in [2.45, 2.75) is 13.5 Å². The number of likely N-dealkylation sites (N-methyl/N-ethyl adjacent to an activating group) is 2. The largest absolute Gasteiger partial charge is 0.354 e. The summed E-state index contributed by atoms with van der Waals surface area (Å²) >= 11 is 6.19. The van der Waals surface area contributed by atoms with E-state index in [-0.39, 0.29) is 17.7 Å². The normalized spacial score (nSPS) is 16.4. The number of anilines is 3. The van der Waals surface area contributed by atoms with Crippen LogP contribution in [0.25, 0.3) is 11.3 Å². The Balaban J connectivity index is 1.40. The second-order valence-electron chi connectivity index (χ2n) is 10.7. The number of carbonyl (C=O) groups is 3. The minimum absolute atomic E-state index is 0.0420. The first-order chi connectivity index (χ1) is 20.2. The van der Waals surface area contributed by atoms with E-state index in [1.165, 1.54) is 6.92 Å². The molecule has 5 rings (SSSR count). The molecular formula is C32H35ClN6O3.